The number of carbonyl (C=O) groups excluding carboxylic acids is 1. The number of carbonyl (C=O) groups is 1. The van der Waals surface area contributed by atoms with E-state index in [4.69, 9.17) is 0 Å². The average molecular weight is 320 g/mol. The third-order valence-corrected chi connectivity index (χ3v) is 4.51. The lowest BCUT2D eigenvalue weighted by Gasteiger charge is -2.26. The molecule has 5 nitrogen and oxygen atoms in total. The number of rotatable bonds is 5. The van der Waals surface area contributed by atoms with E-state index in [-0.39, 0.29) is 11.9 Å². The zero-order valence-corrected chi connectivity index (χ0v) is 15.3. The fourth-order valence-corrected chi connectivity index (χ4v) is 3.37. The van der Waals surface area contributed by atoms with Gasteiger partial charge in [0.2, 0.25) is 5.91 Å². The largest absolute Gasteiger partial charge is 0.340 e. The fourth-order valence-electron chi connectivity index (χ4n) is 3.37. The molecule has 1 aromatic heterocycles. The molecule has 1 fully saturated rings. The molecular weight excluding hydrogens is 288 g/mol. The molecule has 5 heteroatoms. The third-order valence-electron chi connectivity index (χ3n) is 4.51. The molecule has 0 saturated carbocycles. The Labute approximate surface area is 140 Å². The van der Waals surface area contributed by atoms with E-state index >= 15 is 0 Å². The summed E-state index contributed by atoms with van der Waals surface area (Å²) in [6, 6.07) is -0.174. The van der Waals surface area contributed by atoms with E-state index in [9.17, 15) is 4.79 Å². The van der Waals surface area contributed by atoms with E-state index < -0.39 is 0 Å². The first kappa shape index (κ1) is 18.0. The number of hydrogen-bond donors (Lipinski definition) is 0. The summed E-state index contributed by atoms with van der Waals surface area (Å²) in [5.74, 6) is 2.21. The van der Waals surface area contributed by atoms with Gasteiger partial charge in [-0.1, -0.05) is 27.7 Å². The van der Waals surface area contributed by atoms with Crippen molar-refractivity contribution in [2.45, 2.75) is 53.0 Å². The summed E-state index contributed by atoms with van der Waals surface area (Å²) >= 11 is 0. The van der Waals surface area contributed by atoms with Crippen LogP contribution in [0.2, 0.25) is 0 Å². The van der Waals surface area contributed by atoms with E-state index in [1.807, 2.05) is 22.6 Å². The topological polar surface area (TPSA) is 41.4 Å². The monoisotopic (exact) mass is 320 g/mol. The van der Waals surface area contributed by atoms with Gasteiger partial charge in [0.15, 0.2) is 0 Å². The predicted octanol–water partition coefficient (Wildman–Crippen LogP) is 2.76. The summed E-state index contributed by atoms with van der Waals surface area (Å²) in [4.78, 5) is 21.8. The summed E-state index contributed by atoms with van der Waals surface area (Å²) in [5.41, 5.74) is 0. The van der Waals surface area contributed by atoms with Gasteiger partial charge in [-0.15, -0.1) is 0 Å². The molecule has 0 N–H and O–H groups in total. The van der Waals surface area contributed by atoms with E-state index in [1.165, 1.54) is 0 Å². The van der Waals surface area contributed by atoms with E-state index in [0.717, 1.165) is 45.0 Å². The smallest absolute Gasteiger partial charge is 0.245 e. The van der Waals surface area contributed by atoms with E-state index in [2.05, 4.69) is 37.6 Å². The highest BCUT2D eigenvalue weighted by molar-refractivity contribution is 5.80. The molecule has 1 aromatic rings. The molecular formula is C18H32N4O. The summed E-state index contributed by atoms with van der Waals surface area (Å²) < 4.78 is 2.03. The van der Waals surface area contributed by atoms with Crippen LogP contribution in [0.4, 0.5) is 0 Å². The predicted molar refractivity (Wildman–Crippen MR) is 93.5 cm³/mol. The summed E-state index contributed by atoms with van der Waals surface area (Å²) in [7, 11) is 0. The molecule has 1 unspecified atom stereocenters. The maximum atomic E-state index is 12.9. The number of aromatic nitrogens is 2. The molecule has 130 valence electrons. The van der Waals surface area contributed by atoms with Gasteiger partial charge in [0.1, 0.15) is 11.9 Å². The molecule has 1 aliphatic rings. The second-order valence-electron chi connectivity index (χ2n) is 7.40. The quantitative estimate of drug-likeness (QED) is 0.838. The molecule has 2 heterocycles. The normalized spacial score (nSPS) is 18.5. The van der Waals surface area contributed by atoms with Crippen molar-refractivity contribution in [3.63, 3.8) is 0 Å². The van der Waals surface area contributed by atoms with Crippen LogP contribution in [0.5, 0.6) is 0 Å². The summed E-state index contributed by atoms with van der Waals surface area (Å²) in [5, 5.41) is 0. The molecule has 0 aromatic carbocycles. The van der Waals surface area contributed by atoms with Crippen LogP contribution in [0.15, 0.2) is 12.4 Å². The fraction of sp³-hybridized carbons (Fsp3) is 0.778. The molecule has 0 spiro atoms. The van der Waals surface area contributed by atoms with Gasteiger partial charge in [-0.3, -0.25) is 4.79 Å². The summed E-state index contributed by atoms with van der Waals surface area (Å²) in [6.45, 7) is 15.6. The Morgan fingerprint density at radius 3 is 2.52 bits per heavy atom. The Morgan fingerprint density at radius 1 is 1.13 bits per heavy atom. The summed E-state index contributed by atoms with van der Waals surface area (Å²) in [6.07, 6.45) is 4.79. The number of imidazole rings is 1. The van der Waals surface area contributed by atoms with Crippen LogP contribution in [0.3, 0.4) is 0 Å². The maximum Gasteiger partial charge on any atom is 0.245 e. The first-order valence-electron chi connectivity index (χ1n) is 8.94. The minimum atomic E-state index is -0.174. The molecule has 23 heavy (non-hydrogen) atoms. The number of hydrogen-bond acceptors (Lipinski definition) is 3. The highest BCUT2D eigenvalue weighted by Crippen LogP contribution is 2.19. The highest BCUT2D eigenvalue weighted by Gasteiger charge is 2.26. The second kappa shape index (κ2) is 7.95. The molecule has 1 saturated heterocycles. The molecule has 1 atom stereocenters. The van der Waals surface area contributed by atoms with Crippen LogP contribution in [0, 0.1) is 5.92 Å². The first-order valence-corrected chi connectivity index (χ1v) is 8.94. The molecule has 0 bridgehead atoms. The van der Waals surface area contributed by atoms with Crippen molar-refractivity contribution in [2.75, 3.05) is 32.7 Å². The average Bonchev–Trinajstić information content (AvgIpc) is 2.87. The minimum absolute atomic E-state index is 0.174. The lowest BCUT2D eigenvalue weighted by atomic mass is 10.2. The third kappa shape index (κ3) is 4.56. The van der Waals surface area contributed by atoms with Gasteiger partial charge in [0.05, 0.1) is 0 Å². The zero-order chi connectivity index (χ0) is 17.0. The van der Waals surface area contributed by atoms with Crippen LogP contribution in [0.1, 0.15) is 58.8 Å². The van der Waals surface area contributed by atoms with Crippen LogP contribution in [-0.4, -0.2) is 58.0 Å². The van der Waals surface area contributed by atoms with Crippen LogP contribution < -0.4 is 0 Å². The van der Waals surface area contributed by atoms with Gasteiger partial charge in [-0.25, -0.2) is 4.98 Å². The molecule has 0 aliphatic carbocycles. The van der Waals surface area contributed by atoms with Crippen molar-refractivity contribution < 1.29 is 4.79 Å². The Kier molecular flexibility index (Phi) is 6.22. The van der Waals surface area contributed by atoms with E-state index in [0.29, 0.717) is 11.8 Å². The van der Waals surface area contributed by atoms with Gasteiger partial charge in [0.25, 0.3) is 0 Å². The van der Waals surface area contributed by atoms with Crippen LogP contribution >= 0.6 is 0 Å². The Hall–Kier alpha value is -1.36. The van der Waals surface area contributed by atoms with Crippen LogP contribution in [-0.2, 0) is 4.79 Å². The molecule has 1 aliphatic heterocycles. The Morgan fingerprint density at radius 2 is 1.87 bits per heavy atom. The molecule has 0 radical (unpaired) electrons. The standard InChI is InChI=1S/C18H32N4O/c1-14(2)13-20-8-6-9-21(12-11-20)18(23)16(5)22-10-7-19-17(22)15(3)4/h7,10,14-16H,6,8-9,11-13H2,1-5H3. The van der Waals surface area contributed by atoms with Crippen molar-refractivity contribution in [3.05, 3.63) is 18.2 Å². The number of nitrogens with zero attached hydrogens (tertiary/aromatic N) is 4. The minimum Gasteiger partial charge on any atom is -0.340 e. The van der Waals surface area contributed by atoms with Gasteiger partial charge >= 0.3 is 0 Å². The maximum absolute atomic E-state index is 12.9. The second-order valence-corrected chi connectivity index (χ2v) is 7.40. The Balaban J connectivity index is 2.01. The number of amides is 1. The van der Waals surface area contributed by atoms with Gasteiger partial charge < -0.3 is 14.4 Å². The van der Waals surface area contributed by atoms with Crippen molar-refractivity contribution in [2.24, 2.45) is 5.92 Å². The Bertz CT molecular complexity index is 509. The highest BCUT2D eigenvalue weighted by atomic mass is 16.2. The lowest BCUT2D eigenvalue weighted by molar-refractivity contribution is -0.134. The zero-order valence-electron chi connectivity index (χ0n) is 15.3. The van der Waals surface area contributed by atoms with Crippen molar-refractivity contribution in [3.8, 4) is 0 Å². The van der Waals surface area contributed by atoms with Crippen molar-refractivity contribution in [1.29, 1.82) is 0 Å². The van der Waals surface area contributed by atoms with Crippen molar-refractivity contribution >= 4 is 5.91 Å². The van der Waals surface area contributed by atoms with E-state index in [1.54, 1.807) is 6.20 Å². The SMILES string of the molecule is CC(C)CN1CCCN(C(=O)C(C)n2ccnc2C(C)C)CC1. The molecule has 1 amide bonds. The van der Waals surface area contributed by atoms with Gasteiger partial charge in [-0.2, -0.15) is 0 Å². The van der Waals surface area contributed by atoms with Gasteiger partial charge in [0, 0.05) is 44.5 Å². The van der Waals surface area contributed by atoms with Crippen molar-refractivity contribution in [1.82, 2.24) is 19.4 Å². The first-order chi connectivity index (χ1) is 10.9. The lowest BCUT2D eigenvalue weighted by Crippen LogP contribution is -2.39. The molecule has 2 rings (SSSR count). The van der Waals surface area contributed by atoms with Crippen LogP contribution in [0.25, 0.3) is 0 Å². The van der Waals surface area contributed by atoms with Gasteiger partial charge in [-0.05, 0) is 25.8 Å².